The van der Waals surface area contributed by atoms with Crippen molar-refractivity contribution in [2.24, 2.45) is 0 Å². The zero-order valence-corrected chi connectivity index (χ0v) is 38.5. The van der Waals surface area contributed by atoms with Crippen LogP contribution >= 0.6 is 23.2 Å². The molecule has 0 saturated heterocycles. The van der Waals surface area contributed by atoms with Crippen molar-refractivity contribution < 1.29 is 51.9 Å². The van der Waals surface area contributed by atoms with E-state index in [1.54, 1.807) is 36.4 Å². The van der Waals surface area contributed by atoms with E-state index >= 15 is 0 Å². The number of hydrogen-bond donors (Lipinski definition) is 8. The predicted molar refractivity (Wildman–Crippen MR) is 252 cm³/mol. The molecule has 0 amide bonds. The number of fused-ring (bicyclic) bond motifs is 2. The van der Waals surface area contributed by atoms with Crippen LogP contribution in [-0.2, 0) is 40.5 Å². The van der Waals surface area contributed by atoms with Crippen molar-refractivity contribution in [2.45, 2.75) is 19.6 Å². The fraction of sp³-hybridized carbons (Fsp3) is 0. The third kappa shape index (κ3) is 10.7. The number of halogens is 2. The van der Waals surface area contributed by atoms with Gasteiger partial charge in [-0.25, -0.2) is 0 Å². The van der Waals surface area contributed by atoms with Crippen molar-refractivity contribution in [2.75, 3.05) is 21.3 Å². The lowest BCUT2D eigenvalue weighted by atomic mass is 10.1. The normalized spacial score (nSPS) is 12.4. The van der Waals surface area contributed by atoms with E-state index in [2.05, 4.69) is 51.2 Å². The average Bonchev–Trinajstić information content (AvgIpc) is 3.24. The van der Waals surface area contributed by atoms with Gasteiger partial charge in [-0.05, 0) is 82.9 Å². The highest BCUT2D eigenvalue weighted by molar-refractivity contribution is 7.86. The number of aromatic nitrogens is 6. The molecule has 68 heavy (non-hydrogen) atoms. The molecular weight excluding hydrogens is 1010 g/mol. The molecule has 0 aliphatic carbocycles. The largest absolute Gasteiger partial charge is 0.324 e. The summed E-state index contributed by atoms with van der Waals surface area (Å²) in [5, 5.41) is 11.9. The minimum Gasteiger partial charge on any atom is -0.324 e. The van der Waals surface area contributed by atoms with E-state index in [0.717, 1.165) is 12.1 Å². The van der Waals surface area contributed by atoms with Crippen molar-refractivity contribution in [3.05, 3.63) is 131 Å². The van der Waals surface area contributed by atoms with Crippen LogP contribution < -0.4 is 21.3 Å². The van der Waals surface area contributed by atoms with Gasteiger partial charge in [-0.2, -0.15) is 63.6 Å². The summed E-state index contributed by atoms with van der Waals surface area (Å²) in [7, 11) is -19.1. The Morgan fingerprint density at radius 1 is 0.382 bits per heavy atom. The van der Waals surface area contributed by atoms with Crippen LogP contribution in [0.1, 0.15) is 11.1 Å². The molecule has 0 aliphatic rings. The molecule has 348 valence electrons. The first-order valence-corrected chi connectivity index (χ1v) is 25.3. The van der Waals surface area contributed by atoms with Gasteiger partial charge < -0.3 is 21.3 Å². The highest BCUT2D eigenvalue weighted by Gasteiger charge is 2.21. The SMILES string of the molecule is O=S(=O)(O)c1cc(Nc2nc(Cl)nc(Nc3ccc(S(=O)(=O)O)c4ccccc34)n2)ccc1C=Cc1ccc(Nc2nc(Cl)nc(Nc3ccc(S(=O)(=O)O)c4ccccc34)n2)cc1S(=O)(=O)O. The molecule has 0 unspecified atom stereocenters. The topological polar surface area (TPSA) is 343 Å². The van der Waals surface area contributed by atoms with Gasteiger partial charge in [-0.1, -0.05) is 72.8 Å². The third-order valence-corrected chi connectivity index (χ3v) is 13.6. The van der Waals surface area contributed by atoms with Gasteiger partial charge in [0, 0.05) is 44.3 Å². The zero-order valence-electron chi connectivity index (χ0n) is 33.7. The molecule has 0 spiro atoms. The van der Waals surface area contributed by atoms with E-state index in [1.807, 2.05) is 0 Å². The second kappa shape index (κ2) is 18.3. The summed E-state index contributed by atoms with van der Waals surface area (Å²) >= 11 is 12.4. The van der Waals surface area contributed by atoms with Crippen LogP contribution in [0.5, 0.6) is 0 Å². The standard InChI is InChI=1S/C40H28Cl2N10O12S4/c41-35-47-37(51-39(49-35)45-29-15-17-31(65(53,54)55)27-7-3-1-5-25(27)29)43-23-13-11-21(33(19-23)67(59,60)61)9-10-22-12-14-24(20-34(22)68(62,63)64)44-38-48-36(42)50-40(52-38)46-30-16-18-32(66(56,57)58)28-8-4-2-6-26(28)30/h1-20H,(H,53,54,55)(H,56,57,58)(H,59,60,61)(H,62,63,64)(H2,43,45,47,49,51)(H2,44,46,48,50,52). The molecule has 0 bridgehead atoms. The van der Waals surface area contributed by atoms with Gasteiger partial charge in [0.2, 0.25) is 34.4 Å². The fourth-order valence-corrected chi connectivity index (χ4v) is 9.89. The molecule has 0 atom stereocenters. The predicted octanol–water partition coefficient (Wildman–Crippen LogP) is 7.80. The Hall–Kier alpha value is -6.98. The molecule has 0 radical (unpaired) electrons. The van der Waals surface area contributed by atoms with Crippen molar-refractivity contribution in [1.82, 2.24) is 29.9 Å². The lowest BCUT2D eigenvalue weighted by Crippen LogP contribution is -2.07. The smallest absolute Gasteiger partial charge is 0.295 e. The van der Waals surface area contributed by atoms with Crippen LogP contribution in [0.3, 0.4) is 0 Å². The van der Waals surface area contributed by atoms with E-state index in [-0.39, 0.29) is 77.4 Å². The molecule has 6 aromatic carbocycles. The van der Waals surface area contributed by atoms with Crippen LogP contribution in [-0.4, -0.2) is 81.8 Å². The van der Waals surface area contributed by atoms with Gasteiger partial charge in [-0.3, -0.25) is 18.2 Å². The Balaban J connectivity index is 1.04. The summed E-state index contributed by atoms with van der Waals surface area (Å²) in [5.74, 6) is -0.647. The van der Waals surface area contributed by atoms with Crippen LogP contribution in [0.2, 0.25) is 10.6 Å². The number of anilines is 8. The summed E-state index contributed by atoms with van der Waals surface area (Å²) in [5.41, 5.74) is 0.452. The van der Waals surface area contributed by atoms with Gasteiger partial charge in [0.25, 0.3) is 40.5 Å². The number of hydrogen-bond acceptors (Lipinski definition) is 18. The summed E-state index contributed by atoms with van der Waals surface area (Å²) in [6, 6.07) is 25.0. The van der Waals surface area contributed by atoms with Crippen LogP contribution in [0.25, 0.3) is 33.7 Å². The molecule has 28 heteroatoms. The van der Waals surface area contributed by atoms with Gasteiger partial charge in [0.15, 0.2) is 0 Å². The molecule has 0 saturated carbocycles. The van der Waals surface area contributed by atoms with E-state index in [9.17, 15) is 51.9 Å². The number of nitrogens with zero attached hydrogens (tertiary/aromatic N) is 6. The second-order valence-electron chi connectivity index (χ2n) is 14.1. The zero-order chi connectivity index (χ0) is 48.8. The van der Waals surface area contributed by atoms with E-state index in [0.29, 0.717) is 22.1 Å². The van der Waals surface area contributed by atoms with Crippen molar-refractivity contribution in [3.63, 3.8) is 0 Å². The maximum Gasteiger partial charge on any atom is 0.295 e. The quantitative estimate of drug-likeness (QED) is 0.0380. The Bertz CT molecular complexity index is 3620. The summed E-state index contributed by atoms with van der Waals surface area (Å²) in [6.07, 6.45) is 2.33. The van der Waals surface area contributed by atoms with Gasteiger partial charge in [-0.15, -0.1) is 0 Å². The lowest BCUT2D eigenvalue weighted by molar-refractivity contribution is 0.480. The van der Waals surface area contributed by atoms with Crippen LogP contribution in [0.15, 0.2) is 129 Å². The van der Waals surface area contributed by atoms with E-state index < -0.39 is 50.3 Å². The number of nitrogens with one attached hydrogen (secondary N) is 4. The first kappa shape index (κ1) is 47.5. The molecule has 0 aliphatic heterocycles. The third-order valence-electron chi connectivity index (χ3n) is 9.57. The van der Waals surface area contributed by atoms with Gasteiger partial charge >= 0.3 is 0 Å². The molecule has 8 N–H and O–H groups in total. The highest BCUT2D eigenvalue weighted by Crippen LogP contribution is 2.34. The fourth-order valence-electron chi connectivity index (χ4n) is 6.76. The monoisotopic (exact) mass is 1040 g/mol. The highest BCUT2D eigenvalue weighted by atomic mass is 35.5. The minimum absolute atomic E-state index is 0.0280. The second-order valence-corrected chi connectivity index (χ2v) is 20.3. The van der Waals surface area contributed by atoms with Gasteiger partial charge in [0.1, 0.15) is 19.6 Å². The Morgan fingerprint density at radius 2 is 0.706 bits per heavy atom. The van der Waals surface area contributed by atoms with E-state index in [1.165, 1.54) is 72.8 Å². The molecular formula is C40H28Cl2N10O12S4. The van der Waals surface area contributed by atoms with E-state index in [4.69, 9.17) is 23.2 Å². The van der Waals surface area contributed by atoms with Crippen LogP contribution in [0, 0.1) is 0 Å². The molecule has 0 fully saturated rings. The summed E-state index contributed by atoms with van der Waals surface area (Å²) in [6.45, 7) is 0. The first-order chi connectivity index (χ1) is 32.0. The lowest BCUT2D eigenvalue weighted by Gasteiger charge is -2.13. The number of benzene rings is 6. The van der Waals surface area contributed by atoms with Crippen molar-refractivity contribution in [1.29, 1.82) is 0 Å². The molecule has 2 heterocycles. The summed E-state index contributed by atoms with van der Waals surface area (Å²) < 4.78 is 138. The maximum atomic E-state index is 12.6. The average molecular weight is 1040 g/mol. The summed E-state index contributed by atoms with van der Waals surface area (Å²) in [4.78, 5) is 22.6. The van der Waals surface area contributed by atoms with Crippen LogP contribution in [0.4, 0.5) is 46.5 Å². The maximum absolute atomic E-state index is 12.6. The van der Waals surface area contributed by atoms with Crippen molar-refractivity contribution >= 4 is 144 Å². The van der Waals surface area contributed by atoms with Gasteiger partial charge in [0.05, 0.1) is 0 Å². The number of rotatable bonds is 14. The molecule has 22 nitrogen and oxygen atoms in total. The Kier molecular flexibility index (Phi) is 12.8. The van der Waals surface area contributed by atoms with Crippen molar-refractivity contribution in [3.8, 4) is 0 Å². The molecule has 8 aromatic rings. The Labute approximate surface area is 395 Å². The minimum atomic E-state index is -4.96. The Morgan fingerprint density at radius 3 is 1.04 bits per heavy atom. The first-order valence-electron chi connectivity index (χ1n) is 18.8. The molecule has 8 rings (SSSR count). The molecule has 2 aromatic heterocycles.